The van der Waals surface area contributed by atoms with Crippen molar-refractivity contribution in [2.75, 3.05) is 0 Å². The van der Waals surface area contributed by atoms with Gasteiger partial charge in [-0.1, -0.05) is 26.8 Å². The van der Waals surface area contributed by atoms with Gasteiger partial charge in [-0.2, -0.15) is 13.2 Å². The summed E-state index contributed by atoms with van der Waals surface area (Å²) in [6.07, 6.45) is -4.35. The molecule has 1 aromatic carbocycles. The molecular weight excluding hydrogens is 241 g/mol. The number of alkyl halides is 3. The van der Waals surface area contributed by atoms with Crippen molar-refractivity contribution in [3.8, 4) is 5.75 Å². The molecule has 102 valence electrons. The van der Waals surface area contributed by atoms with E-state index in [1.54, 1.807) is 6.92 Å². The Morgan fingerprint density at radius 2 is 1.61 bits per heavy atom. The molecule has 1 N–H and O–H groups in total. The maximum absolute atomic E-state index is 12.7. The second kappa shape index (κ2) is 4.48. The maximum atomic E-state index is 12.7. The van der Waals surface area contributed by atoms with E-state index in [1.165, 1.54) is 12.1 Å². The summed E-state index contributed by atoms with van der Waals surface area (Å²) < 4.78 is 38.2. The first-order valence-electron chi connectivity index (χ1n) is 5.85. The van der Waals surface area contributed by atoms with Gasteiger partial charge in [0.1, 0.15) is 5.75 Å². The van der Waals surface area contributed by atoms with Crippen LogP contribution >= 0.6 is 0 Å². The average Bonchev–Trinajstić information content (AvgIpc) is 2.13. The van der Waals surface area contributed by atoms with Crippen molar-refractivity contribution in [1.82, 2.24) is 0 Å². The van der Waals surface area contributed by atoms with Gasteiger partial charge in [-0.05, 0) is 36.5 Å². The molecule has 1 nitrogen and oxygen atoms in total. The smallest absolute Gasteiger partial charge is 0.395 e. The first-order valence-corrected chi connectivity index (χ1v) is 5.85. The maximum Gasteiger partial charge on any atom is 0.395 e. The fourth-order valence-corrected chi connectivity index (χ4v) is 2.04. The van der Waals surface area contributed by atoms with Crippen molar-refractivity contribution in [2.45, 2.75) is 52.1 Å². The van der Waals surface area contributed by atoms with Gasteiger partial charge in [-0.15, -0.1) is 0 Å². The summed E-state index contributed by atoms with van der Waals surface area (Å²) in [7, 11) is 0. The second-order valence-electron chi connectivity index (χ2n) is 5.74. The number of phenolic OH excluding ortho intramolecular Hbond substituents is 1. The van der Waals surface area contributed by atoms with Crippen LogP contribution in [-0.4, -0.2) is 11.3 Å². The normalized spacial score (nSPS) is 14.7. The van der Waals surface area contributed by atoms with Gasteiger partial charge in [-0.25, -0.2) is 0 Å². The van der Waals surface area contributed by atoms with Gasteiger partial charge in [0.15, 0.2) is 0 Å². The lowest BCUT2D eigenvalue weighted by molar-refractivity contribution is -0.146. The summed E-state index contributed by atoms with van der Waals surface area (Å²) in [6, 6.07) is 2.89. The van der Waals surface area contributed by atoms with Gasteiger partial charge in [-0.3, -0.25) is 0 Å². The molecule has 1 atom stereocenters. The quantitative estimate of drug-likeness (QED) is 0.778. The number of phenols is 1. The van der Waals surface area contributed by atoms with Gasteiger partial charge in [0.2, 0.25) is 0 Å². The zero-order chi connectivity index (χ0) is 14.3. The Hall–Kier alpha value is -1.19. The molecular formula is C14H19F3O. The molecule has 0 radical (unpaired) electrons. The Morgan fingerprint density at radius 3 is 2.00 bits per heavy atom. The van der Waals surface area contributed by atoms with Crippen LogP contribution in [0, 0.1) is 6.92 Å². The SMILES string of the molecule is Cc1cc(O)c(C(C)C(F)(F)F)cc1C(C)(C)C. The minimum absolute atomic E-state index is 0.0574. The third-order valence-electron chi connectivity index (χ3n) is 3.14. The first kappa shape index (κ1) is 14.9. The summed E-state index contributed by atoms with van der Waals surface area (Å²) in [6.45, 7) is 8.68. The monoisotopic (exact) mass is 260 g/mol. The summed E-state index contributed by atoms with van der Waals surface area (Å²) in [5.41, 5.74) is 1.32. The number of rotatable bonds is 1. The fourth-order valence-electron chi connectivity index (χ4n) is 2.04. The highest BCUT2D eigenvalue weighted by Crippen LogP contribution is 2.41. The van der Waals surface area contributed by atoms with E-state index >= 15 is 0 Å². The van der Waals surface area contributed by atoms with Crippen LogP contribution in [0.1, 0.15) is 50.3 Å². The molecule has 0 aliphatic heterocycles. The molecule has 0 saturated carbocycles. The Labute approximate surface area is 106 Å². The van der Waals surface area contributed by atoms with Gasteiger partial charge in [0.05, 0.1) is 5.92 Å². The van der Waals surface area contributed by atoms with E-state index in [9.17, 15) is 18.3 Å². The lowest BCUT2D eigenvalue weighted by Crippen LogP contribution is -2.20. The lowest BCUT2D eigenvalue weighted by atomic mass is 9.81. The van der Waals surface area contributed by atoms with E-state index in [4.69, 9.17) is 0 Å². The van der Waals surface area contributed by atoms with Crippen LogP contribution in [0.3, 0.4) is 0 Å². The Morgan fingerprint density at radius 1 is 1.11 bits per heavy atom. The summed E-state index contributed by atoms with van der Waals surface area (Å²) in [5.74, 6) is -1.95. The van der Waals surface area contributed by atoms with Crippen LogP contribution < -0.4 is 0 Å². The van der Waals surface area contributed by atoms with Gasteiger partial charge in [0, 0.05) is 5.56 Å². The molecule has 0 fully saturated rings. The molecule has 0 aliphatic rings. The van der Waals surface area contributed by atoms with E-state index in [0.717, 1.165) is 18.1 Å². The molecule has 1 rings (SSSR count). The highest BCUT2D eigenvalue weighted by atomic mass is 19.4. The molecule has 0 saturated heterocycles. The van der Waals surface area contributed by atoms with Crippen molar-refractivity contribution in [3.63, 3.8) is 0 Å². The predicted octanol–water partition coefficient (Wildman–Crippen LogP) is 4.66. The minimum atomic E-state index is -4.35. The van der Waals surface area contributed by atoms with Crippen LogP contribution in [0.25, 0.3) is 0 Å². The number of hydrogen-bond donors (Lipinski definition) is 1. The zero-order valence-corrected chi connectivity index (χ0v) is 11.3. The Kier molecular flexibility index (Phi) is 3.70. The fraction of sp³-hybridized carbons (Fsp3) is 0.571. The van der Waals surface area contributed by atoms with Crippen molar-refractivity contribution in [1.29, 1.82) is 0 Å². The van der Waals surface area contributed by atoms with E-state index < -0.39 is 12.1 Å². The first-order chi connectivity index (χ1) is 7.94. The Bertz CT molecular complexity index is 442. The van der Waals surface area contributed by atoms with Gasteiger partial charge >= 0.3 is 6.18 Å². The van der Waals surface area contributed by atoms with E-state index in [1.807, 2.05) is 20.8 Å². The van der Waals surface area contributed by atoms with Gasteiger partial charge < -0.3 is 5.11 Å². The highest BCUT2D eigenvalue weighted by Gasteiger charge is 2.39. The molecule has 18 heavy (non-hydrogen) atoms. The lowest BCUT2D eigenvalue weighted by Gasteiger charge is -2.25. The molecule has 0 bridgehead atoms. The van der Waals surface area contributed by atoms with Crippen molar-refractivity contribution in [2.24, 2.45) is 0 Å². The Balaban J connectivity index is 3.39. The van der Waals surface area contributed by atoms with Gasteiger partial charge in [0.25, 0.3) is 0 Å². The number of halogens is 3. The molecule has 0 heterocycles. The standard InChI is InChI=1S/C14H19F3O/c1-8-6-12(18)10(9(2)14(15,16)17)7-11(8)13(3,4)5/h6-7,9,18H,1-5H3. The summed E-state index contributed by atoms with van der Waals surface area (Å²) in [4.78, 5) is 0. The largest absolute Gasteiger partial charge is 0.508 e. The van der Waals surface area contributed by atoms with Crippen molar-refractivity contribution >= 4 is 0 Å². The zero-order valence-electron chi connectivity index (χ0n) is 11.3. The minimum Gasteiger partial charge on any atom is -0.508 e. The second-order valence-corrected chi connectivity index (χ2v) is 5.74. The number of aromatic hydroxyl groups is 1. The summed E-state index contributed by atoms with van der Waals surface area (Å²) in [5, 5.41) is 9.72. The third-order valence-corrected chi connectivity index (χ3v) is 3.14. The van der Waals surface area contributed by atoms with Crippen LogP contribution in [-0.2, 0) is 5.41 Å². The van der Waals surface area contributed by atoms with Crippen molar-refractivity contribution in [3.05, 3.63) is 28.8 Å². The molecule has 4 heteroatoms. The van der Waals surface area contributed by atoms with Crippen LogP contribution in [0.2, 0.25) is 0 Å². The number of hydrogen-bond acceptors (Lipinski definition) is 1. The van der Waals surface area contributed by atoms with Crippen molar-refractivity contribution < 1.29 is 18.3 Å². The number of aryl methyl sites for hydroxylation is 1. The third kappa shape index (κ3) is 2.98. The van der Waals surface area contributed by atoms with E-state index in [0.29, 0.717) is 0 Å². The van der Waals surface area contributed by atoms with E-state index in [2.05, 4.69) is 0 Å². The molecule has 0 spiro atoms. The molecule has 0 aromatic heterocycles. The highest BCUT2D eigenvalue weighted by molar-refractivity contribution is 5.46. The molecule has 1 aromatic rings. The predicted molar refractivity (Wildman–Crippen MR) is 66.0 cm³/mol. The average molecular weight is 260 g/mol. The molecule has 0 amide bonds. The van der Waals surface area contributed by atoms with Crippen LogP contribution in [0.15, 0.2) is 12.1 Å². The summed E-state index contributed by atoms with van der Waals surface area (Å²) >= 11 is 0. The molecule has 0 aliphatic carbocycles. The van der Waals surface area contributed by atoms with Crippen LogP contribution in [0.5, 0.6) is 5.75 Å². The van der Waals surface area contributed by atoms with E-state index in [-0.39, 0.29) is 16.7 Å². The topological polar surface area (TPSA) is 20.2 Å². The molecule has 1 unspecified atom stereocenters. The number of benzene rings is 1. The van der Waals surface area contributed by atoms with Crippen LogP contribution in [0.4, 0.5) is 13.2 Å².